The molecule has 1 aromatic carbocycles. The maximum Gasteiger partial charge on any atom is 0.352 e. The Hall–Kier alpha value is -2.74. The first-order valence-corrected chi connectivity index (χ1v) is 9.28. The summed E-state index contributed by atoms with van der Waals surface area (Å²) >= 11 is 0. The van der Waals surface area contributed by atoms with Crippen LogP contribution < -0.4 is 11.4 Å². The predicted molar refractivity (Wildman–Crippen MR) is 102 cm³/mol. The number of carbonyl (C=O) groups is 1. The van der Waals surface area contributed by atoms with Gasteiger partial charge in [-0.1, -0.05) is 30.3 Å². The van der Waals surface area contributed by atoms with E-state index in [0.717, 1.165) is 13.2 Å². The predicted octanol–water partition coefficient (Wildman–Crippen LogP) is -1.40. The van der Waals surface area contributed by atoms with Crippen molar-refractivity contribution in [1.82, 2.24) is 9.55 Å². The molecule has 0 radical (unpaired) electrons. The van der Waals surface area contributed by atoms with E-state index in [0.29, 0.717) is 17.6 Å². The molecule has 168 valence electrons. The van der Waals surface area contributed by atoms with Crippen molar-refractivity contribution in [2.75, 3.05) is 32.3 Å². The maximum absolute atomic E-state index is 13.9. The zero-order valence-corrected chi connectivity index (χ0v) is 16.3. The highest BCUT2D eigenvalue weighted by Gasteiger charge is 2.61. The van der Waals surface area contributed by atoms with Crippen molar-refractivity contribution in [3.05, 3.63) is 58.4 Å². The number of aliphatic hydroxyl groups is 3. The molecule has 3 heterocycles. The number of ether oxygens (including phenoxy) is 3. The van der Waals surface area contributed by atoms with Gasteiger partial charge in [0.05, 0.1) is 26.0 Å². The maximum atomic E-state index is 13.9. The van der Waals surface area contributed by atoms with Crippen LogP contribution >= 0.6 is 0 Å². The smallest absolute Gasteiger partial charge is 0.352 e. The Morgan fingerprint density at radius 2 is 1.90 bits per heavy atom. The number of nitrogens with zero attached hydrogens (tertiary/aromatic N) is 2. The van der Waals surface area contributed by atoms with Gasteiger partial charge >= 0.3 is 5.69 Å². The molecule has 0 spiro atoms. The first-order valence-electron chi connectivity index (χ1n) is 9.28. The number of nitrogens with two attached hydrogens (primary N) is 1. The molecule has 5 N–H and O–H groups in total. The van der Waals surface area contributed by atoms with Crippen molar-refractivity contribution in [3.63, 3.8) is 0 Å². The Labute approximate surface area is 175 Å². The van der Waals surface area contributed by atoms with E-state index in [9.17, 15) is 29.3 Å². The Kier molecular flexibility index (Phi) is 7.10. The van der Waals surface area contributed by atoms with E-state index in [4.69, 9.17) is 19.9 Å². The molecule has 0 amide bonds. The van der Waals surface area contributed by atoms with Gasteiger partial charge in [0.1, 0.15) is 25.1 Å². The zero-order valence-electron chi connectivity index (χ0n) is 16.3. The molecule has 1 aromatic heterocycles. The summed E-state index contributed by atoms with van der Waals surface area (Å²) in [4.78, 5) is 28.7. The molecule has 0 unspecified atom stereocenters. The van der Waals surface area contributed by atoms with Crippen LogP contribution in [0.1, 0.15) is 10.4 Å². The van der Waals surface area contributed by atoms with Crippen molar-refractivity contribution in [2.45, 2.75) is 24.0 Å². The summed E-state index contributed by atoms with van der Waals surface area (Å²) in [5.41, 5.74) is 1.60. The third-order valence-electron chi connectivity index (χ3n) is 4.78. The fourth-order valence-electron chi connectivity index (χ4n) is 3.22. The number of aliphatic hydroxyl groups excluding tert-OH is 3. The number of halogens is 1. The second-order valence-corrected chi connectivity index (χ2v) is 6.73. The average molecular weight is 439 g/mol. The fraction of sp³-hybridized carbons (Fsp3) is 0.421. The molecular weight excluding hydrogens is 417 g/mol. The standard InChI is InChI=1S/C16H16FN3O6.C3H6O2/c17-9-6-20(15(25)19-14(9)18)16(12(23)8-4-2-1-3-5-8)13(24)11(22)10(7-21)26-16;1-2-5-3-4-1/h1-6,10-11,13,21-22,24H,7H2,(H2,18,19,25);1-3H2/t10-,11-,13-,16-;/m1./s1. The molecule has 4 rings (SSSR count). The lowest BCUT2D eigenvalue weighted by molar-refractivity contribution is -0.118. The molecular formula is C19H22FN3O8. The van der Waals surface area contributed by atoms with Crippen molar-refractivity contribution in [3.8, 4) is 0 Å². The van der Waals surface area contributed by atoms with E-state index in [1.165, 1.54) is 24.3 Å². The van der Waals surface area contributed by atoms with Crippen molar-refractivity contribution in [2.24, 2.45) is 0 Å². The van der Waals surface area contributed by atoms with Crippen LogP contribution in [-0.4, -0.2) is 75.6 Å². The van der Waals surface area contributed by atoms with Gasteiger partial charge in [-0.3, -0.25) is 9.36 Å². The summed E-state index contributed by atoms with van der Waals surface area (Å²) in [6.07, 6.45) is -4.50. The van der Waals surface area contributed by atoms with Crippen molar-refractivity contribution >= 4 is 11.6 Å². The summed E-state index contributed by atoms with van der Waals surface area (Å²) in [6, 6.07) is 7.49. The van der Waals surface area contributed by atoms with Gasteiger partial charge in [-0.05, 0) is 0 Å². The number of anilines is 1. The number of benzene rings is 1. The molecule has 4 atom stereocenters. The van der Waals surface area contributed by atoms with E-state index in [2.05, 4.69) is 4.98 Å². The Balaban J connectivity index is 0.000000478. The largest absolute Gasteiger partial charge is 0.394 e. The molecule has 2 aliphatic rings. The Morgan fingerprint density at radius 1 is 1.26 bits per heavy atom. The van der Waals surface area contributed by atoms with Gasteiger partial charge < -0.3 is 35.3 Å². The second-order valence-electron chi connectivity index (χ2n) is 6.73. The highest BCUT2D eigenvalue weighted by Crippen LogP contribution is 2.38. The van der Waals surface area contributed by atoms with Crippen LogP contribution in [0.2, 0.25) is 0 Å². The zero-order chi connectivity index (χ0) is 22.6. The second kappa shape index (κ2) is 9.60. The van der Waals surface area contributed by atoms with Crippen LogP contribution in [0.4, 0.5) is 10.2 Å². The Morgan fingerprint density at radius 3 is 2.42 bits per heavy atom. The van der Waals surface area contributed by atoms with Crippen molar-refractivity contribution in [1.29, 1.82) is 0 Å². The van der Waals surface area contributed by atoms with E-state index in [1.54, 1.807) is 6.07 Å². The summed E-state index contributed by atoms with van der Waals surface area (Å²) in [5.74, 6) is -2.74. The summed E-state index contributed by atoms with van der Waals surface area (Å²) in [5, 5.41) is 30.0. The van der Waals surface area contributed by atoms with Gasteiger partial charge in [0.25, 0.3) is 0 Å². The quantitative estimate of drug-likeness (QED) is 0.416. The number of rotatable bonds is 4. The lowest BCUT2D eigenvalue weighted by Gasteiger charge is -2.32. The van der Waals surface area contributed by atoms with Crippen LogP contribution in [0.3, 0.4) is 0 Å². The van der Waals surface area contributed by atoms with E-state index in [-0.39, 0.29) is 5.56 Å². The minimum absolute atomic E-state index is 0.0291. The first-order chi connectivity index (χ1) is 14.8. The number of aromatic nitrogens is 2. The summed E-state index contributed by atoms with van der Waals surface area (Å²) in [7, 11) is 0. The molecule has 0 bridgehead atoms. The molecule has 2 aliphatic heterocycles. The molecule has 2 aromatic rings. The third-order valence-corrected chi connectivity index (χ3v) is 4.78. The minimum Gasteiger partial charge on any atom is -0.394 e. The lowest BCUT2D eigenvalue weighted by atomic mass is 9.93. The van der Waals surface area contributed by atoms with Crippen molar-refractivity contribution < 1.29 is 38.7 Å². The molecule has 11 nitrogen and oxygen atoms in total. The van der Waals surface area contributed by atoms with Crippen LogP contribution in [0.25, 0.3) is 0 Å². The number of hydrogen-bond donors (Lipinski definition) is 4. The monoisotopic (exact) mass is 439 g/mol. The summed E-state index contributed by atoms with van der Waals surface area (Å²) in [6.45, 7) is 1.31. The highest BCUT2D eigenvalue weighted by molar-refractivity contribution is 6.01. The molecule has 31 heavy (non-hydrogen) atoms. The molecule has 2 fully saturated rings. The third kappa shape index (κ3) is 4.35. The van der Waals surface area contributed by atoms with Crippen LogP contribution in [0, 0.1) is 5.82 Å². The molecule has 2 saturated heterocycles. The number of hydrogen-bond acceptors (Lipinski definition) is 10. The number of carbonyl (C=O) groups excluding carboxylic acids is 1. The lowest BCUT2D eigenvalue weighted by Crippen LogP contribution is -2.56. The van der Waals surface area contributed by atoms with E-state index < -0.39 is 53.8 Å². The molecule has 12 heteroatoms. The van der Waals surface area contributed by atoms with E-state index >= 15 is 0 Å². The number of ketones is 1. The van der Waals surface area contributed by atoms with Crippen LogP contribution in [-0.2, 0) is 19.9 Å². The van der Waals surface area contributed by atoms with Gasteiger partial charge in [0, 0.05) is 5.56 Å². The summed E-state index contributed by atoms with van der Waals surface area (Å²) < 4.78 is 29.2. The highest BCUT2D eigenvalue weighted by atomic mass is 19.1. The van der Waals surface area contributed by atoms with Gasteiger partial charge in [-0.25, -0.2) is 9.18 Å². The average Bonchev–Trinajstić information content (AvgIpc) is 3.44. The van der Waals surface area contributed by atoms with Gasteiger partial charge in [0.15, 0.2) is 11.6 Å². The molecule has 0 saturated carbocycles. The van der Waals surface area contributed by atoms with Gasteiger partial charge in [0.2, 0.25) is 11.5 Å². The fourth-order valence-corrected chi connectivity index (χ4v) is 3.22. The topological polar surface area (TPSA) is 166 Å². The van der Waals surface area contributed by atoms with E-state index in [1.807, 2.05) is 0 Å². The van der Waals surface area contributed by atoms with Gasteiger partial charge in [-0.2, -0.15) is 4.98 Å². The SMILES string of the molecule is C1COCO1.Nc1nc(=O)n([C@]2(C(=O)c3ccccc3)O[C@H](CO)[C@@H](O)[C@H]2O)cc1F. The minimum atomic E-state index is -2.52. The van der Waals surface area contributed by atoms with Crippen LogP contribution in [0.15, 0.2) is 41.3 Å². The Bertz CT molecular complexity index is 961. The molecule has 0 aliphatic carbocycles. The number of nitrogen functional groups attached to an aromatic ring is 1. The first kappa shape index (κ1) is 22.9. The number of Topliss-reactive ketones (excluding diaryl/α,β-unsaturated/α-hetero) is 1. The normalized spacial score (nSPS) is 27.5. The van der Waals surface area contributed by atoms with Crippen LogP contribution in [0.5, 0.6) is 0 Å². The van der Waals surface area contributed by atoms with Gasteiger partial charge in [-0.15, -0.1) is 0 Å².